The van der Waals surface area contributed by atoms with Gasteiger partial charge in [0.1, 0.15) is 11.3 Å². The molecule has 0 unspecified atom stereocenters. The SMILES string of the molecule is C=C(CCCCCCC)Oc1cc2nc3c4cc(Cl)c5c6c(Cl)cc7c8c(cc(Cl)c(c9c(Cl)cc(c(=O)n3c2cc1OCCCCCCCC)c4c95)c68)c(=O)n1c2cc(OC(=C)CCCCCCC)c(OCCCCCCCC)cc2nc71. The first kappa shape index (κ1) is 59.7. The predicted octanol–water partition coefficient (Wildman–Crippen LogP) is 21.8. The Morgan fingerprint density at radius 2 is 0.714 bits per heavy atom. The summed E-state index contributed by atoms with van der Waals surface area (Å²) in [5.41, 5.74) is 2.38. The maximum Gasteiger partial charge on any atom is 0.264 e. The van der Waals surface area contributed by atoms with Gasteiger partial charge in [-0.15, -0.1) is 0 Å². The van der Waals surface area contributed by atoms with Crippen LogP contribution in [0.5, 0.6) is 23.0 Å². The number of benzene rings is 7. The lowest BCUT2D eigenvalue weighted by atomic mass is 9.86. The predicted molar refractivity (Wildman–Crippen MR) is 354 cm³/mol. The van der Waals surface area contributed by atoms with Gasteiger partial charge in [-0.3, -0.25) is 18.4 Å². The van der Waals surface area contributed by atoms with Crippen molar-refractivity contribution >= 4 is 144 Å². The lowest BCUT2D eigenvalue weighted by Gasteiger charge is -2.21. The number of imidazole rings is 2. The Balaban J connectivity index is 1.06. The second-order valence-corrected chi connectivity index (χ2v) is 24.8. The number of hydrogen-bond donors (Lipinski definition) is 0. The summed E-state index contributed by atoms with van der Waals surface area (Å²) in [6.07, 6.45) is 26.1. The van der Waals surface area contributed by atoms with Crippen molar-refractivity contribution < 1.29 is 18.9 Å². The van der Waals surface area contributed by atoms with Crippen LogP contribution in [0.25, 0.3) is 98.0 Å². The van der Waals surface area contributed by atoms with Crippen molar-refractivity contribution in [1.29, 1.82) is 0 Å². The third-order valence-corrected chi connectivity index (χ3v) is 18.2. The van der Waals surface area contributed by atoms with E-state index < -0.39 is 0 Å². The maximum absolute atomic E-state index is 15.3. The van der Waals surface area contributed by atoms with Gasteiger partial charge in [0.05, 0.1) is 57.6 Å². The summed E-state index contributed by atoms with van der Waals surface area (Å²) in [6.45, 7) is 18.5. The van der Waals surface area contributed by atoms with Crippen molar-refractivity contribution in [3.63, 3.8) is 0 Å². The van der Waals surface area contributed by atoms with Crippen LogP contribution in [0, 0.1) is 0 Å². The van der Waals surface area contributed by atoms with Crippen LogP contribution in [0.2, 0.25) is 20.1 Å². The average Bonchev–Trinajstić information content (AvgIpc) is 1.01. The van der Waals surface area contributed by atoms with Crippen LogP contribution in [-0.4, -0.2) is 32.0 Å². The normalized spacial score (nSPS) is 12.3. The van der Waals surface area contributed by atoms with Crippen molar-refractivity contribution in [2.24, 2.45) is 0 Å². The Morgan fingerprint density at radius 3 is 1.12 bits per heavy atom. The zero-order valence-electron chi connectivity index (χ0n) is 49.2. The molecule has 4 aromatic heterocycles. The standard InChI is InChI=1S/C70H76Cl4N4O6/c1-7-11-15-19-23-27-31-81-55-37-51-54(40-58(55)84-42(6)30-26-22-18-14-10-4)78-67(75-51)43-33-47(71)61-62-48(72)34-44-60-45(35-49(73)63(66(60)62)64-50(74)36-46(70(78)80)59(43)65(61)64)69(79)77-53-39-56(82-32-28-24-20-16-12-8-2)57(38-52(53)76-68(44)77)83-41(5)29-25-21-17-13-9-3/h33-40H,5-32H2,1-4H3. The Labute approximate surface area is 511 Å². The molecule has 0 atom stereocenters. The summed E-state index contributed by atoms with van der Waals surface area (Å²) in [5, 5.41) is 8.01. The fourth-order valence-electron chi connectivity index (χ4n) is 12.8. The lowest BCUT2D eigenvalue weighted by molar-refractivity contribution is 0.284. The molecule has 84 heavy (non-hydrogen) atoms. The smallest absolute Gasteiger partial charge is 0.264 e. The molecule has 0 aliphatic rings. The second-order valence-electron chi connectivity index (χ2n) is 23.2. The molecule has 0 aliphatic carbocycles. The van der Waals surface area contributed by atoms with E-state index in [9.17, 15) is 0 Å². The van der Waals surface area contributed by atoms with Crippen LogP contribution in [0.4, 0.5) is 0 Å². The van der Waals surface area contributed by atoms with Crippen molar-refractivity contribution in [3.05, 3.63) is 114 Å². The van der Waals surface area contributed by atoms with Gasteiger partial charge in [-0.2, -0.15) is 0 Å². The molecular weight excluding hydrogens is 1130 g/mol. The van der Waals surface area contributed by atoms with Crippen LogP contribution in [0.15, 0.2) is 82.8 Å². The van der Waals surface area contributed by atoms with E-state index in [-0.39, 0.29) is 21.2 Å². The molecule has 10 nitrogen and oxygen atoms in total. The minimum Gasteiger partial charge on any atom is -0.490 e. The van der Waals surface area contributed by atoms with Crippen LogP contribution in [-0.2, 0) is 0 Å². The fourth-order valence-corrected chi connectivity index (χ4v) is 14.0. The highest BCUT2D eigenvalue weighted by Gasteiger charge is 2.30. The molecule has 11 rings (SSSR count). The number of hydrogen-bond acceptors (Lipinski definition) is 8. The van der Waals surface area contributed by atoms with E-state index >= 15 is 9.59 Å². The van der Waals surface area contributed by atoms with Crippen molar-refractivity contribution in [3.8, 4) is 23.0 Å². The number of rotatable bonds is 32. The van der Waals surface area contributed by atoms with E-state index in [2.05, 4.69) is 40.9 Å². The van der Waals surface area contributed by atoms with E-state index in [4.69, 9.17) is 75.3 Å². The van der Waals surface area contributed by atoms with Gasteiger partial charge < -0.3 is 18.9 Å². The molecule has 4 heterocycles. The first-order chi connectivity index (χ1) is 40.9. The molecule has 0 amide bonds. The number of unbranched alkanes of at least 4 members (excludes halogenated alkanes) is 18. The lowest BCUT2D eigenvalue weighted by Crippen LogP contribution is -2.14. The molecule has 0 fully saturated rings. The Bertz CT molecular complexity index is 4290. The van der Waals surface area contributed by atoms with Crippen molar-refractivity contribution in [2.45, 2.75) is 182 Å². The number of aromatic nitrogens is 4. The Kier molecular flexibility index (Phi) is 18.7. The van der Waals surface area contributed by atoms with E-state index in [1.807, 2.05) is 36.4 Å². The first-order valence-corrected chi connectivity index (χ1v) is 32.6. The fraction of sp³-hybridized carbons (Fsp3) is 0.429. The van der Waals surface area contributed by atoms with Crippen molar-refractivity contribution in [1.82, 2.24) is 18.8 Å². The van der Waals surface area contributed by atoms with Gasteiger partial charge in [0.15, 0.2) is 23.0 Å². The molecule has 0 saturated heterocycles. The minimum atomic E-state index is -0.322. The second kappa shape index (κ2) is 26.3. The first-order valence-electron chi connectivity index (χ1n) is 31.1. The molecule has 11 aromatic rings. The Hall–Kier alpha value is -6.04. The van der Waals surface area contributed by atoms with Gasteiger partial charge in [-0.1, -0.05) is 203 Å². The minimum absolute atomic E-state index is 0.278. The largest absolute Gasteiger partial charge is 0.490 e. The van der Waals surface area contributed by atoms with Crippen LogP contribution in [0.1, 0.15) is 182 Å². The molecule has 0 bridgehead atoms. The topological polar surface area (TPSA) is 106 Å². The van der Waals surface area contributed by atoms with Gasteiger partial charge in [0.2, 0.25) is 0 Å². The third kappa shape index (κ3) is 11.3. The average molecular weight is 1210 g/mol. The summed E-state index contributed by atoms with van der Waals surface area (Å²) in [6, 6.07) is 14.6. The highest BCUT2D eigenvalue weighted by molar-refractivity contribution is 6.56. The molecule has 0 spiro atoms. The summed E-state index contributed by atoms with van der Waals surface area (Å²) >= 11 is 30.4. The zero-order chi connectivity index (χ0) is 58.8. The molecular formula is C70H76Cl4N4O6. The molecule has 0 saturated carbocycles. The van der Waals surface area contributed by atoms with Gasteiger partial charge in [0, 0.05) is 111 Å². The quantitative estimate of drug-likeness (QED) is 0.0178. The highest BCUT2D eigenvalue weighted by Crippen LogP contribution is 2.54. The summed E-state index contributed by atoms with van der Waals surface area (Å²) in [5.74, 6) is 3.31. The molecule has 440 valence electrons. The molecule has 7 aromatic carbocycles. The van der Waals surface area contributed by atoms with E-state index in [1.165, 1.54) is 77.0 Å². The van der Waals surface area contributed by atoms with Gasteiger partial charge >= 0.3 is 0 Å². The van der Waals surface area contributed by atoms with Crippen LogP contribution in [0.3, 0.4) is 0 Å². The van der Waals surface area contributed by atoms with Gasteiger partial charge in [-0.05, 0) is 49.9 Å². The molecule has 0 aliphatic heterocycles. The number of nitrogens with zero attached hydrogens (tertiary/aromatic N) is 4. The Morgan fingerprint density at radius 1 is 0.393 bits per heavy atom. The van der Waals surface area contributed by atoms with Crippen LogP contribution < -0.4 is 30.1 Å². The molecule has 0 radical (unpaired) electrons. The van der Waals surface area contributed by atoms with E-state index in [0.717, 1.165) is 64.2 Å². The van der Waals surface area contributed by atoms with E-state index in [0.29, 0.717) is 169 Å². The van der Waals surface area contributed by atoms with E-state index in [1.54, 1.807) is 20.9 Å². The highest BCUT2D eigenvalue weighted by atomic mass is 35.5. The third-order valence-electron chi connectivity index (χ3n) is 17.0. The number of halogens is 4. The summed E-state index contributed by atoms with van der Waals surface area (Å²) in [7, 11) is 0. The van der Waals surface area contributed by atoms with Crippen LogP contribution >= 0.6 is 46.4 Å². The number of fused-ring (bicyclic) bond motifs is 10. The molecule has 14 heteroatoms. The summed E-state index contributed by atoms with van der Waals surface area (Å²) in [4.78, 5) is 41.0. The zero-order valence-corrected chi connectivity index (χ0v) is 52.2. The number of ether oxygens (including phenoxy) is 4. The van der Waals surface area contributed by atoms with Crippen molar-refractivity contribution in [2.75, 3.05) is 13.2 Å². The maximum atomic E-state index is 15.3. The monoisotopic (exact) mass is 1210 g/mol. The number of allylic oxidation sites excluding steroid dienone is 2. The molecule has 0 N–H and O–H groups in total. The van der Waals surface area contributed by atoms with Gasteiger partial charge in [-0.25, -0.2) is 9.97 Å². The van der Waals surface area contributed by atoms with Gasteiger partial charge in [0.25, 0.3) is 11.1 Å². The number of pyridine rings is 2. The summed E-state index contributed by atoms with van der Waals surface area (Å²) < 4.78 is 29.3.